The first-order chi connectivity index (χ1) is 10.9. The van der Waals surface area contributed by atoms with Crippen LogP contribution in [-0.2, 0) is 9.31 Å². The van der Waals surface area contributed by atoms with Crippen molar-refractivity contribution in [2.45, 2.75) is 27.7 Å². The number of carbonyl (C=O) groups is 2. The third kappa shape index (κ3) is 8.14. The lowest BCUT2D eigenvalue weighted by atomic mass is 9.79. The molecule has 126 valence electrons. The van der Waals surface area contributed by atoms with E-state index in [-0.39, 0.29) is 0 Å². The number of nitrogens with one attached hydrogen (secondary N) is 2. The molecule has 0 radical (unpaired) electrons. The Morgan fingerprint density at radius 2 is 1.35 bits per heavy atom. The minimum atomic E-state index is -1.09. The fraction of sp³-hybridized carbons (Fsp3) is 0.500. The molecule has 6 nitrogen and oxygen atoms in total. The molecule has 0 aliphatic carbocycles. The Morgan fingerprint density at radius 1 is 0.913 bits per heavy atom. The molecule has 0 heterocycles. The summed E-state index contributed by atoms with van der Waals surface area (Å²) in [5.41, 5.74) is 0.590. The van der Waals surface area contributed by atoms with Gasteiger partial charge in [0, 0.05) is 18.6 Å². The van der Waals surface area contributed by atoms with Gasteiger partial charge in [0.1, 0.15) is 0 Å². The zero-order chi connectivity index (χ0) is 17.2. The lowest BCUT2D eigenvalue weighted by Gasteiger charge is -2.16. The van der Waals surface area contributed by atoms with Crippen molar-refractivity contribution in [1.29, 1.82) is 0 Å². The summed E-state index contributed by atoms with van der Waals surface area (Å²) in [4.78, 5) is 23.7. The van der Waals surface area contributed by atoms with E-state index in [0.29, 0.717) is 30.4 Å². The van der Waals surface area contributed by atoms with Crippen molar-refractivity contribution >= 4 is 24.8 Å². The summed E-state index contributed by atoms with van der Waals surface area (Å²) in [6, 6.07) is 8.87. The molecule has 0 aliphatic heterocycles. The minimum Gasteiger partial charge on any atom is -0.478 e. The van der Waals surface area contributed by atoms with E-state index in [1.54, 1.807) is 24.3 Å². The van der Waals surface area contributed by atoms with Gasteiger partial charge < -0.3 is 19.9 Å². The van der Waals surface area contributed by atoms with E-state index in [1.165, 1.54) is 0 Å². The van der Waals surface area contributed by atoms with E-state index in [0.717, 1.165) is 0 Å². The molecule has 23 heavy (non-hydrogen) atoms. The quantitative estimate of drug-likeness (QED) is 0.755. The molecule has 2 amide bonds. The van der Waals surface area contributed by atoms with Crippen molar-refractivity contribution in [3.63, 3.8) is 0 Å². The maximum atomic E-state index is 11.8. The van der Waals surface area contributed by atoms with Gasteiger partial charge >= 0.3 is 19.3 Å². The number of amides is 2. The third-order valence-corrected chi connectivity index (χ3v) is 2.81. The summed E-state index contributed by atoms with van der Waals surface area (Å²) in [5.74, 6) is 0.598. The highest BCUT2D eigenvalue weighted by Gasteiger charge is 2.30. The fourth-order valence-electron chi connectivity index (χ4n) is 1.62. The summed E-state index contributed by atoms with van der Waals surface area (Å²) < 4.78 is 10.5. The van der Waals surface area contributed by atoms with Crippen LogP contribution in [0.15, 0.2) is 30.3 Å². The maximum absolute atomic E-state index is 11.8. The first-order valence-electron chi connectivity index (χ1n) is 7.82. The van der Waals surface area contributed by atoms with Crippen molar-refractivity contribution in [3.05, 3.63) is 30.3 Å². The van der Waals surface area contributed by atoms with Gasteiger partial charge in [-0.3, -0.25) is 0 Å². The molecule has 0 spiro atoms. The molecule has 0 aromatic heterocycles. The van der Waals surface area contributed by atoms with Gasteiger partial charge in [-0.2, -0.15) is 0 Å². The van der Waals surface area contributed by atoms with Crippen LogP contribution in [0.2, 0.25) is 0 Å². The van der Waals surface area contributed by atoms with Crippen molar-refractivity contribution in [3.8, 4) is 0 Å². The van der Waals surface area contributed by atoms with Crippen LogP contribution in [0.5, 0.6) is 0 Å². The van der Waals surface area contributed by atoms with Crippen LogP contribution >= 0.6 is 0 Å². The van der Waals surface area contributed by atoms with Gasteiger partial charge in [-0.25, -0.2) is 9.59 Å². The summed E-state index contributed by atoms with van der Waals surface area (Å²) in [7, 11) is -1.09. The molecule has 0 saturated heterocycles. The van der Waals surface area contributed by atoms with Gasteiger partial charge in [-0.1, -0.05) is 58.0 Å². The molecule has 1 aromatic rings. The van der Waals surface area contributed by atoms with Crippen LogP contribution in [0, 0.1) is 11.8 Å². The third-order valence-electron chi connectivity index (χ3n) is 2.81. The van der Waals surface area contributed by atoms with Crippen molar-refractivity contribution in [2.75, 3.05) is 13.1 Å². The largest absolute Gasteiger partial charge is 0.639 e. The predicted octanol–water partition coefficient (Wildman–Crippen LogP) is 2.15. The van der Waals surface area contributed by atoms with Gasteiger partial charge in [0.25, 0.3) is 0 Å². The monoisotopic (exact) mass is 320 g/mol. The van der Waals surface area contributed by atoms with E-state index in [9.17, 15) is 9.59 Å². The van der Waals surface area contributed by atoms with Crippen molar-refractivity contribution < 1.29 is 18.9 Å². The van der Waals surface area contributed by atoms with Gasteiger partial charge in [0.05, 0.1) is 0 Å². The first-order valence-corrected chi connectivity index (χ1v) is 7.82. The highest BCUT2D eigenvalue weighted by atomic mass is 16.7. The zero-order valence-corrected chi connectivity index (χ0v) is 14.2. The Labute approximate surface area is 138 Å². The van der Waals surface area contributed by atoms with Crippen LogP contribution in [-0.4, -0.2) is 32.4 Å². The van der Waals surface area contributed by atoms with E-state index in [1.807, 2.05) is 33.8 Å². The summed E-state index contributed by atoms with van der Waals surface area (Å²) in [5, 5.41) is 5.27. The molecular formula is C16H25BN2O4. The van der Waals surface area contributed by atoms with Crippen molar-refractivity contribution in [2.24, 2.45) is 11.8 Å². The maximum Gasteiger partial charge on any atom is 0.639 e. The number of hydrogen-bond donors (Lipinski definition) is 2. The fourth-order valence-corrected chi connectivity index (χ4v) is 1.62. The predicted molar refractivity (Wildman–Crippen MR) is 90.5 cm³/mol. The average Bonchev–Trinajstić information content (AvgIpc) is 2.51. The van der Waals surface area contributed by atoms with E-state index in [2.05, 4.69) is 10.6 Å². The Balaban J connectivity index is 2.66. The second-order valence-corrected chi connectivity index (χ2v) is 6.10. The van der Waals surface area contributed by atoms with Gasteiger partial charge in [-0.05, 0) is 11.8 Å². The highest BCUT2D eigenvalue weighted by Crippen LogP contribution is 1.97. The van der Waals surface area contributed by atoms with Crippen LogP contribution in [0.3, 0.4) is 0 Å². The van der Waals surface area contributed by atoms with Gasteiger partial charge in [0.2, 0.25) is 0 Å². The molecule has 7 heteroatoms. The Kier molecular flexibility index (Phi) is 8.01. The summed E-state index contributed by atoms with van der Waals surface area (Å²) >= 11 is 0. The molecule has 0 fully saturated rings. The van der Waals surface area contributed by atoms with E-state index < -0.39 is 19.3 Å². The van der Waals surface area contributed by atoms with Crippen molar-refractivity contribution in [1.82, 2.24) is 10.6 Å². The molecule has 0 unspecified atom stereocenters. The molecule has 0 atom stereocenters. The van der Waals surface area contributed by atoms with Crippen LogP contribution in [0.4, 0.5) is 9.59 Å². The van der Waals surface area contributed by atoms with Crippen LogP contribution in [0.1, 0.15) is 27.7 Å². The molecular weight excluding hydrogens is 295 g/mol. The average molecular weight is 320 g/mol. The number of benzene rings is 1. The lowest BCUT2D eigenvalue weighted by molar-refractivity contribution is 0.173. The number of carbonyl (C=O) groups excluding carboxylic acids is 2. The second kappa shape index (κ2) is 9.76. The zero-order valence-electron chi connectivity index (χ0n) is 14.2. The SMILES string of the molecule is CC(C)CNC(=O)OB(OC(=O)NCC(C)C)c1ccccc1. The number of rotatable bonds is 7. The smallest absolute Gasteiger partial charge is 0.478 e. The Hall–Kier alpha value is -2.18. The van der Waals surface area contributed by atoms with E-state index in [4.69, 9.17) is 9.31 Å². The molecule has 0 saturated carbocycles. The highest BCUT2D eigenvalue weighted by molar-refractivity contribution is 6.64. The minimum absolute atomic E-state index is 0.299. The Morgan fingerprint density at radius 3 is 1.74 bits per heavy atom. The standard InChI is InChI=1S/C16H25BN2O4/c1-12(2)10-18-15(20)22-17(14-8-6-5-7-9-14)23-16(21)19-11-13(3)4/h5-9,12-13H,10-11H2,1-4H3,(H,18,20)(H,19,21). The van der Waals surface area contributed by atoms with Crippen LogP contribution in [0.25, 0.3) is 0 Å². The van der Waals surface area contributed by atoms with E-state index >= 15 is 0 Å². The molecule has 0 aliphatic rings. The molecule has 0 bridgehead atoms. The normalized spacial score (nSPS) is 10.3. The Bertz CT molecular complexity index is 468. The summed E-state index contributed by atoms with van der Waals surface area (Å²) in [6.45, 7) is 8.88. The summed E-state index contributed by atoms with van der Waals surface area (Å²) in [6.07, 6.45) is -1.24. The van der Waals surface area contributed by atoms with Gasteiger partial charge in [-0.15, -0.1) is 0 Å². The van der Waals surface area contributed by atoms with Crippen LogP contribution < -0.4 is 16.1 Å². The molecule has 1 aromatic carbocycles. The molecule has 2 N–H and O–H groups in total. The number of hydrogen-bond acceptors (Lipinski definition) is 4. The molecule has 1 rings (SSSR count). The lowest BCUT2D eigenvalue weighted by Crippen LogP contribution is -2.46. The van der Waals surface area contributed by atoms with Gasteiger partial charge in [0.15, 0.2) is 0 Å². The second-order valence-electron chi connectivity index (χ2n) is 6.10. The topological polar surface area (TPSA) is 76.7 Å². The first kappa shape index (κ1) is 18.9.